The van der Waals surface area contributed by atoms with E-state index >= 15 is 0 Å². The molecule has 0 aromatic heterocycles. The van der Waals surface area contributed by atoms with E-state index in [2.05, 4.69) is 10.6 Å². The number of carbonyl (C=O) groups is 2. The van der Waals surface area contributed by atoms with Gasteiger partial charge in [-0.25, -0.2) is 0 Å². The average molecular weight is 580 g/mol. The molecule has 220 valence electrons. The summed E-state index contributed by atoms with van der Waals surface area (Å²) in [5, 5.41) is 22.1. The molecule has 1 heterocycles. The van der Waals surface area contributed by atoms with Crippen molar-refractivity contribution in [1.82, 2.24) is 15.5 Å². The van der Waals surface area contributed by atoms with Crippen LogP contribution < -0.4 is 22.1 Å². The number of amidine groups is 1. The SMILES string of the molecule is N=C(N)c1ccc(CC(C(=O)N[C@H](C(=O)NCC2CCN(C(=N)N)CC2)C2CCCCC2)c2cccc(Cl)c2)cc1. The molecule has 2 aromatic rings. The van der Waals surface area contributed by atoms with Gasteiger partial charge in [0.25, 0.3) is 0 Å². The van der Waals surface area contributed by atoms with Crippen LogP contribution in [0.5, 0.6) is 0 Å². The Balaban J connectivity index is 1.49. The minimum absolute atomic E-state index is 0.00794. The quantitative estimate of drug-likeness (QED) is 0.186. The van der Waals surface area contributed by atoms with Gasteiger partial charge in [-0.3, -0.25) is 20.4 Å². The predicted molar refractivity (Wildman–Crippen MR) is 163 cm³/mol. The highest BCUT2D eigenvalue weighted by Gasteiger charge is 2.34. The number of benzene rings is 2. The molecule has 1 saturated carbocycles. The standard InChI is InChI=1S/C31H42ClN7O2/c32-25-8-4-7-24(18-25)26(17-20-9-11-23(12-10-20)28(33)34)29(40)38-27(22-5-2-1-3-6-22)30(41)37-19-21-13-15-39(16-14-21)31(35)36/h4,7-12,18,21-22,26-27H,1-3,5-6,13-17,19H2,(H3,33,34)(H3,35,36)(H,37,41)(H,38,40)/t26?,27-/m0/s1. The highest BCUT2D eigenvalue weighted by Crippen LogP contribution is 2.29. The Labute approximate surface area is 247 Å². The van der Waals surface area contributed by atoms with E-state index in [4.69, 9.17) is 33.9 Å². The summed E-state index contributed by atoms with van der Waals surface area (Å²) in [4.78, 5) is 29.4. The second-order valence-electron chi connectivity index (χ2n) is 11.4. The number of amides is 2. The van der Waals surface area contributed by atoms with Crippen LogP contribution in [-0.4, -0.2) is 54.2 Å². The van der Waals surface area contributed by atoms with Crippen LogP contribution in [0.3, 0.4) is 0 Å². The third-order valence-corrected chi connectivity index (χ3v) is 8.73. The summed E-state index contributed by atoms with van der Waals surface area (Å²) >= 11 is 6.32. The maximum atomic E-state index is 14.0. The number of likely N-dealkylation sites (tertiary alicyclic amines) is 1. The monoisotopic (exact) mass is 579 g/mol. The van der Waals surface area contributed by atoms with Crippen molar-refractivity contribution in [2.45, 2.75) is 63.3 Å². The van der Waals surface area contributed by atoms with Gasteiger partial charge in [0.05, 0.1) is 5.92 Å². The number of hydrogen-bond acceptors (Lipinski definition) is 4. The average Bonchev–Trinajstić information content (AvgIpc) is 2.98. The van der Waals surface area contributed by atoms with E-state index in [9.17, 15) is 9.59 Å². The second kappa shape index (κ2) is 14.3. The number of carbonyl (C=O) groups excluding carboxylic acids is 2. The first-order valence-corrected chi connectivity index (χ1v) is 14.9. The van der Waals surface area contributed by atoms with Crippen LogP contribution in [-0.2, 0) is 16.0 Å². The number of rotatable bonds is 10. The molecule has 0 radical (unpaired) electrons. The summed E-state index contributed by atoms with van der Waals surface area (Å²) in [6.45, 7) is 1.98. The molecule has 2 atom stereocenters. The molecule has 2 amide bonds. The fourth-order valence-electron chi connectivity index (χ4n) is 5.99. The molecule has 0 bridgehead atoms. The number of nitrogens with zero attached hydrogens (tertiary/aromatic N) is 1. The van der Waals surface area contributed by atoms with E-state index < -0.39 is 12.0 Å². The number of nitrogens with one attached hydrogen (secondary N) is 4. The Morgan fingerprint density at radius 2 is 1.63 bits per heavy atom. The number of piperidine rings is 1. The molecule has 2 aliphatic rings. The summed E-state index contributed by atoms with van der Waals surface area (Å²) in [6.07, 6.45) is 7.20. The van der Waals surface area contributed by atoms with Crippen molar-refractivity contribution in [2.24, 2.45) is 23.3 Å². The molecular weight excluding hydrogens is 538 g/mol. The van der Waals surface area contributed by atoms with Crippen molar-refractivity contribution >= 4 is 35.2 Å². The number of halogens is 1. The van der Waals surface area contributed by atoms with E-state index in [1.165, 1.54) is 0 Å². The number of nitrogen functional groups attached to an aromatic ring is 1. The molecule has 1 aliphatic heterocycles. The largest absolute Gasteiger partial charge is 0.384 e. The molecular formula is C31H42ClN7O2. The summed E-state index contributed by atoms with van der Waals surface area (Å²) in [5.41, 5.74) is 13.6. The van der Waals surface area contributed by atoms with Crippen LogP contribution >= 0.6 is 11.6 Å². The summed E-state index contributed by atoms with van der Waals surface area (Å²) in [7, 11) is 0. The normalized spacial score (nSPS) is 17.8. The summed E-state index contributed by atoms with van der Waals surface area (Å²) < 4.78 is 0. The lowest BCUT2D eigenvalue weighted by Crippen LogP contribution is -2.53. The first-order valence-electron chi connectivity index (χ1n) is 14.6. The van der Waals surface area contributed by atoms with Gasteiger partial charge < -0.3 is 27.0 Å². The highest BCUT2D eigenvalue weighted by atomic mass is 35.5. The van der Waals surface area contributed by atoms with Crippen molar-refractivity contribution in [3.05, 3.63) is 70.2 Å². The Morgan fingerprint density at radius 3 is 2.24 bits per heavy atom. The third-order valence-electron chi connectivity index (χ3n) is 8.49. The van der Waals surface area contributed by atoms with E-state index in [0.717, 1.165) is 56.1 Å². The van der Waals surface area contributed by atoms with E-state index in [1.807, 2.05) is 29.2 Å². The maximum Gasteiger partial charge on any atom is 0.242 e. The van der Waals surface area contributed by atoms with Gasteiger partial charge in [0, 0.05) is 30.2 Å². The van der Waals surface area contributed by atoms with Gasteiger partial charge in [-0.1, -0.05) is 67.3 Å². The highest BCUT2D eigenvalue weighted by molar-refractivity contribution is 6.30. The molecule has 1 aliphatic carbocycles. The van der Waals surface area contributed by atoms with Crippen molar-refractivity contribution in [2.75, 3.05) is 19.6 Å². The molecule has 2 fully saturated rings. The fraction of sp³-hybridized carbons (Fsp3) is 0.484. The van der Waals surface area contributed by atoms with Crippen molar-refractivity contribution in [3.63, 3.8) is 0 Å². The van der Waals surface area contributed by atoms with E-state index in [0.29, 0.717) is 42.6 Å². The number of hydrogen-bond donors (Lipinski definition) is 6. The van der Waals surface area contributed by atoms with Gasteiger partial charge in [0.1, 0.15) is 11.9 Å². The zero-order chi connectivity index (χ0) is 29.4. The van der Waals surface area contributed by atoms with Crippen LogP contribution in [0.1, 0.15) is 67.6 Å². The summed E-state index contributed by atoms with van der Waals surface area (Å²) in [5.74, 6) is -0.399. The lowest BCUT2D eigenvalue weighted by Gasteiger charge is -2.34. The van der Waals surface area contributed by atoms with Crippen molar-refractivity contribution in [1.29, 1.82) is 10.8 Å². The summed E-state index contributed by atoms with van der Waals surface area (Å²) in [6, 6.07) is 14.0. The Hall–Kier alpha value is -3.59. The molecule has 2 aromatic carbocycles. The van der Waals surface area contributed by atoms with Crippen LogP contribution in [0.25, 0.3) is 0 Å². The molecule has 4 rings (SSSR count). The first kappa shape index (κ1) is 30.4. The second-order valence-corrected chi connectivity index (χ2v) is 11.8. The minimum atomic E-state index is -0.609. The van der Waals surface area contributed by atoms with Gasteiger partial charge in [-0.2, -0.15) is 0 Å². The van der Waals surface area contributed by atoms with E-state index in [1.54, 1.807) is 24.3 Å². The van der Waals surface area contributed by atoms with Gasteiger partial charge in [0.15, 0.2) is 5.96 Å². The Morgan fingerprint density at radius 1 is 0.951 bits per heavy atom. The first-order chi connectivity index (χ1) is 19.7. The zero-order valence-corrected chi connectivity index (χ0v) is 24.3. The minimum Gasteiger partial charge on any atom is -0.384 e. The zero-order valence-electron chi connectivity index (χ0n) is 23.5. The predicted octanol–water partition coefficient (Wildman–Crippen LogP) is 3.74. The topological polar surface area (TPSA) is 161 Å². The molecule has 9 nitrogen and oxygen atoms in total. The van der Waals surface area contributed by atoms with Crippen LogP contribution in [0.4, 0.5) is 0 Å². The maximum absolute atomic E-state index is 14.0. The van der Waals surface area contributed by atoms with Gasteiger partial charge in [-0.05, 0) is 67.2 Å². The van der Waals surface area contributed by atoms with Crippen molar-refractivity contribution < 1.29 is 9.59 Å². The molecule has 1 unspecified atom stereocenters. The van der Waals surface area contributed by atoms with Crippen LogP contribution in [0.15, 0.2) is 48.5 Å². The molecule has 8 N–H and O–H groups in total. The molecule has 0 spiro atoms. The molecule has 1 saturated heterocycles. The fourth-order valence-corrected chi connectivity index (χ4v) is 6.19. The van der Waals surface area contributed by atoms with Gasteiger partial charge in [0.2, 0.25) is 11.8 Å². The number of nitrogens with two attached hydrogens (primary N) is 2. The van der Waals surface area contributed by atoms with Crippen molar-refractivity contribution in [3.8, 4) is 0 Å². The lowest BCUT2D eigenvalue weighted by atomic mass is 9.82. The Kier molecular flexibility index (Phi) is 10.6. The molecule has 41 heavy (non-hydrogen) atoms. The third kappa shape index (κ3) is 8.45. The number of guanidine groups is 1. The molecule has 10 heteroatoms. The Bertz CT molecular complexity index is 1220. The van der Waals surface area contributed by atoms with Crippen LogP contribution in [0, 0.1) is 22.7 Å². The van der Waals surface area contributed by atoms with E-state index in [-0.39, 0.29) is 29.5 Å². The lowest BCUT2D eigenvalue weighted by molar-refractivity contribution is -0.131. The van der Waals surface area contributed by atoms with Gasteiger partial charge >= 0.3 is 0 Å². The smallest absolute Gasteiger partial charge is 0.242 e. The van der Waals surface area contributed by atoms with Gasteiger partial charge in [-0.15, -0.1) is 0 Å². The van der Waals surface area contributed by atoms with Crippen LogP contribution in [0.2, 0.25) is 5.02 Å².